The second-order valence-electron chi connectivity index (χ2n) is 5.92. The van der Waals surface area contributed by atoms with Gasteiger partial charge in [-0.3, -0.25) is 9.69 Å². The minimum absolute atomic E-state index is 0.236. The summed E-state index contributed by atoms with van der Waals surface area (Å²) >= 11 is 0. The summed E-state index contributed by atoms with van der Waals surface area (Å²) in [5, 5.41) is 6.68. The number of aromatic nitrogens is 3. The molecule has 0 aliphatic rings. The van der Waals surface area contributed by atoms with E-state index in [1.807, 2.05) is 25.2 Å². The van der Waals surface area contributed by atoms with Gasteiger partial charge in [-0.1, -0.05) is 35.5 Å². The molecule has 0 bridgehead atoms. The van der Waals surface area contributed by atoms with E-state index < -0.39 is 0 Å². The summed E-state index contributed by atoms with van der Waals surface area (Å²) in [4.78, 5) is 21.1. The van der Waals surface area contributed by atoms with Gasteiger partial charge in [0.05, 0.1) is 12.9 Å². The maximum atomic E-state index is 12.1. The second kappa shape index (κ2) is 8.25. The van der Waals surface area contributed by atoms with Crippen molar-refractivity contribution in [3.63, 3.8) is 0 Å². The van der Waals surface area contributed by atoms with E-state index in [-0.39, 0.29) is 5.91 Å². The second-order valence-corrected chi connectivity index (χ2v) is 5.92. The molecule has 7 nitrogen and oxygen atoms in total. The van der Waals surface area contributed by atoms with Crippen LogP contribution in [0.4, 0.5) is 0 Å². The molecule has 1 amide bonds. The number of imidazole rings is 1. The zero-order valence-electron chi connectivity index (χ0n) is 14.1. The van der Waals surface area contributed by atoms with Crippen LogP contribution < -0.4 is 5.32 Å². The largest absolute Gasteiger partial charge is 0.359 e. The Bertz CT molecular complexity index is 783. The first-order valence-corrected chi connectivity index (χ1v) is 8.14. The number of aromatic amines is 1. The van der Waals surface area contributed by atoms with E-state index in [9.17, 15) is 4.79 Å². The van der Waals surface area contributed by atoms with Crippen molar-refractivity contribution in [2.24, 2.45) is 0 Å². The van der Waals surface area contributed by atoms with Gasteiger partial charge in [0.25, 0.3) is 5.91 Å². The van der Waals surface area contributed by atoms with Crippen molar-refractivity contribution in [3.05, 3.63) is 71.6 Å². The summed E-state index contributed by atoms with van der Waals surface area (Å²) in [7, 11) is 2.00. The maximum Gasteiger partial charge on any atom is 0.273 e. The highest BCUT2D eigenvalue weighted by atomic mass is 16.5. The minimum Gasteiger partial charge on any atom is -0.359 e. The van der Waals surface area contributed by atoms with Crippen LogP contribution in [0, 0.1) is 0 Å². The van der Waals surface area contributed by atoms with Gasteiger partial charge < -0.3 is 14.8 Å². The first kappa shape index (κ1) is 16.9. The van der Waals surface area contributed by atoms with Crippen LogP contribution in [0.5, 0.6) is 0 Å². The van der Waals surface area contributed by atoms with E-state index in [2.05, 4.69) is 37.5 Å². The van der Waals surface area contributed by atoms with Crippen LogP contribution in [0.1, 0.15) is 27.5 Å². The third kappa shape index (κ3) is 5.02. The van der Waals surface area contributed by atoms with Gasteiger partial charge in [-0.05, 0) is 12.6 Å². The number of amides is 1. The quantitative estimate of drug-likeness (QED) is 0.655. The van der Waals surface area contributed by atoms with Crippen LogP contribution in [0.2, 0.25) is 0 Å². The summed E-state index contributed by atoms with van der Waals surface area (Å²) in [6.07, 6.45) is 4.05. The molecule has 3 rings (SSSR count). The normalized spacial score (nSPS) is 11.0. The number of hydrogen-bond donors (Lipinski definition) is 2. The van der Waals surface area contributed by atoms with Crippen LogP contribution in [0.3, 0.4) is 0 Å². The van der Waals surface area contributed by atoms with Crippen LogP contribution in [0.25, 0.3) is 0 Å². The van der Waals surface area contributed by atoms with Crippen molar-refractivity contribution in [1.82, 2.24) is 25.3 Å². The Balaban J connectivity index is 1.47. The Morgan fingerprint density at radius 3 is 2.88 bits per heavy atom. The lowest BCUT2D eigenvalue weighted by molar-refractivity contribution is 0.0945. The zero-order chi connectivity index (χ0) is 17.5. The Morgan fingerprint density at radius 2 is 2.12 bits per heavy atom. The van der Waals surface area contributed by atoms with Gasteiger partial charge in [-0.25, -0.2) is 4.98 Å². The molecule has 2 N–H and O–H groups in total. The fourth-order valence-corrected chi connectivity index (χ4v) is 2.53. The van der Waals surface area contributed by atoms with Crippen molar-refractivity contribution >= 4 is 5.91 Å². The van der Waals surface area contributed by atoms with E-state index in [0.29, 0.717) is 31.0 Å². The number of nitrogens with one attached hydrogen (secondary N) is 2. The Labute approximate surface area is 146 Å². The fraction of sp³-hybridized carbons (Fsp3) is 0.278. The summed E-state index contributed by atoms with van der Waals surface area (Å²) in [5.41, 5.74) is 2.50. The Hall–Kier alpha value is -2.93. The molecule has 2 aromatic heterocycles. The molecule has 130 valence electrons. The molecule has 0 spiro atoms. The average molecular weight is 339 g/mol. The highest BCUT2D eigenvalue weighted by molar-refractivity contribution is 5.92. The number of carbonyl (C=O) groups excluding carboxylic acids is 1. The maximum absolute atomic E-state index is 12.1. The van der Waals surface area contributed by atoms with Crippen molar-refractivity contribution in [1.29, 1.82) is 0 Å². The molecule has 0 saturated carbocycles. The summed E-state index contributed by atoms with van der Waals surface area (Å²) in [6.45, 7) is 1.90. The molecule has 0 aliphatic heterocycles. The van der Waals surface area contributed by atoms with Gasteiger partial charge in [0.1, 0.15) is 0 Å². The smallest absolute Gasteiger partial charge is 0.273 e. The standard InChI is InChI=1S/C18H21N5O2/c1-23(11-14-5-3-2-4-6-14)12-16-9-17(22-25-16)18(24)20-8-7-15-10-19-13-21-15/h2-6,9-10,13H,7-8,11-12H2,1H3,(H,19,21)(H,20,24). The molecule has 7 heteroatoms. The highest BCUT2D eigenvalue weighted by Gasteiger charge is 2.13. The number of nitrogens with zero attached hydrogens (tertiary/aromatic N) is 3. The number of hydrogen-bond acceptors (Lipinski definition) is 5. The van der Waals surface area contributed by atoms with Crippen molar-refractivity contribution in [2.75, 3.05) is 13.6 Å². The van der Waals surface area contributed by atoms with E-state index >= 15 is 0 Å². The SMILES string of the molecule is CN(Cc1ccccc1)Cc1cc(C(=O)NCCc2cnc[nH]2)no1. The summed E-state index contributed by atoms with van der Waals surface area (Å²) < 4.78 is 5.28. The molecule has 0 unspecified atom stereocenters. The predicted molar refractivity (Wildman–Crippen MR) is 92.7 cm³/mol. The topological polar surface area (TPSA) is 87.0 Å². The fourth-order valence-electron chi connectivity index (χ4n) is 2.53. The summed E-state index contributed by atoms with van der Waals surface area (Å²) in [6, 6.07) is 11.9. The van der Waals surface area contributed by atoms with E-state index in [1.165, 1.54) is 5.56 Å². The third-order valence-electron chi connectivity index (χ3n) is 3.75. The van der Waals surface area contributed by atoms with Crippen molar-refractivity contribution < 1.29 is 9.32 Å². The number of H-pyrrole nitrogens is 1. The summed E-state index contributed by atoms with van der Waals surface area (Å²) in [5.74, 6) is 0.428. The van der Waals surface area contributed by atoms with Crippen LogP contribution in [0.15, 0.2) is 53.4 Å². The molecule has 0 atom stereocenters. The third-order valence-corrected chi connectivity index (χ3v) is 3.75. The van der Waals surface area contributed by atoms with Gasteiger partial charge in [0.2, 0.25) is 0 Å². The zero-order valence-corrected chi connectivity index (χ0v) is 14.1. The monoisotopic (exact) mass is 339 g/mol. The molecule has 0 radical (unpaired) electrons. The van der Waals surface area contributed by atoms with Gasteiger partial charge >= 0.3 is 0 Å². The first-order valence-electron chi connectivity index (χ1n) is 8.14. The molecule has 2 heterocycles. The van der Waals surface area contributed by atoms with Crippen LogP contribution in [-0.2, 0) is 19.5 Å². The van der Waals surface area contributed by atoms with E-state index in [4.69, 9.17) is 4.52 Å². The molecule has 0 aliphatic carbocycles. The van der Waals surface area contributed by atoms with E-state index in [0.717, 1.165) is 12.2 Å². The lowest BCUT2D eigenvalue weighted by Crippen LogP contribution is -2.26. The molecular weight excluding hydrogens is 318 g/mol. The number of carbonyl (C=O) groups is 1. The average Bonchev–Trinajstić information content (AvgIpc) is 3.27. The van der Waals surface area contributed by atoms with Crippen LogP contribution in [-0.4, -0.2) is 39.5 Å². The molecular formula is C18H21N5O2. The molecule has 0 fully saturated rings. The molecule has 0 saturated heterocycles. The predicted octanol–water partition coefficient (Wildman–Crippen LogP) is 2.00. The number of benzene rings is 1. The van der Waals surface area contributed by atoms with Crippen molar-refractivity contribution in [2.45, 2.75) is 19.5 Å². The highest BCUT2D eigenvalue weighted by Crippen LogP contribution is 2.09. The van der Waals surface area contributed by atoms with Gasteiger partial charge in [0.15, 0.2) is 11.5 Å². The van der Waals surface area contributed by atoms with E-state index in [1.54, 1.807) is 18.6 Å². The van der Waals surface area contributed by atoms with Crippen LogP contribution >= 0.6 is 0 Å². The number of rotatable bonds is 8. The van der Waals surface area contributed by atoms with Gasteiger partial charge in [-0.15, -0.1) is 0 Å². The molecule has 1 aromatic carbocycles. The molecule has 3 aromatic rings. The molecule has 25 heavy (non-hydrogen) atoms. The lowest BCUT2D eigenvalue weighted by atomic mass is 10.2. The Kier molecular flexibility index (Phi) is 5.58. The lowest BCUT2D eigenvalue weighted by Gasteiger charge is -2.14. The van der Waals surface area contributed by atoms with Gasteiger partial charge in [-0.2, -0.15) is 0 Å². The minimum atomic E-state index is -0.236. The van der Waals surface area contributed by atoms with Crippen molar-refractivity contribution in [3.8, 4) is 0 Å². The first-order chi connectivity index (χ1) is 12.2. The van der Waals surface area contributed by atoms with Gasteiger partial charge in [0, 0.05) is 37.5 Å². The Morgan fingerprint density at radius 1 is 1.28 bits per heavy atom.